The van der Waals surface area contributed by atoms with Gasteiger partial charge in [-0.05, 0) is 43.7 Å². The van der Waals surface area contributed by atoms with Crippen LogP contribution in [0.1, 0.15) is 27.3 Å². The lowest BCUT2D eigenvalue weighted by atomic mass is 10.1. The van der Waals surface area contributed by atoms with Crippen LogP contribution in [0.5, 0.6) is 0 Å². The van der Waals surface area contributed by atoms with Crippen LogP contribution in [0.4, 0.5) is 0 Å². The van der Waals surface area contributed by atoms with Gasteiger partial charge in [-0.2, -0.15) is 0 Å². The Balaban J connectivity index is 1.64. The van der Waals surface area contributed by atoms with E-state index in [4.69, 9.17) is 0 Å². The molecular weight excluding hydrogens is 286 g/mol. The van der Waals surface area contributed by atoms with Gasteiger partial charge in [0.25, 0.3) is 5.91 Å². The van der Waals surface area contributed by atoms with Gasteiger partial charge in [0.1, 0.15) is 5.82 Å². The van der Waals surface area contributed by atoms with E-state index in [-0.39, 0.29) is 5.91 Å². The van der Waals surface area contributed by atoms with Crippen LogP contribution < -0.4 is 5.32 Å². The average molecular weight is 305 g/mol. The van der Waals surface area contributed by atoms with Gasteiger partial charge in [-0.15, -0.1) is 0 Å². The maximum absolute atomic E-state index is 12.1. The van der Waals surface area contributed by atoms with Crippen molar-refractivity contribution < 1.29 is 4.79 Å². The Kier molecular flexibility index (Phi) is 4.24. The van der Waals surface area contributed by atoms with Crippen molar-refractivity contribution in [2.24, 2.45) is 0 Å². The summed E-state index contributed by atoms with van der Waals surface area (Å²) in [5, 5.41) is 2.94. The monoisotopic (exact) mass is 305 g/mol. The maximum Gasteiger partial charge on any atom is 0.251 e. The molecule has 0 aliphatic carbocycles. The van der Waals surface area contributed by atoms with Gasteiger partial charge in [-0.1, -0.05) is 29.8 Å². The van der Waals surface area contributed by atoms with Crippen LogP contribution in [0.25, 0.3) is 5.69 Å². The zero-order valence-corrected chi connectivity index (χ0v) is 13.3. The summed E-state index contributed by atoms with van der Waals surface area (Å²) in [5.74, 6) is 0.893. The van der Waals surface area contributed by atoms with E-state index >= 15 is 0 Å². The van der Waals surface area contributed by atoms with E-state index in [2.05, 4.69) is 10.3 Å². The highest BCUT2D eigenvalue weighted by atomic mass is 16.1. The molecule has 2 aromatic carbocycles. The summed E-state index contributed by atoms with van der Waals surface area (Å²) in [7, 11) is 0. The molecule has 116 valence electrons. The molecule has 0 atom stereocenters. The van der Waals surface area contributed by atoms with Crippen molar-refractivity contribution in [2.45, 2.75) is 20.4 Å². The highest BCUT2D eigenvalue weighted by molar-refractivity contribution is 5.94. The van der Waals surface area contributed by atoms with Gasteiger partial charge in [0.15, 0.2) is 0 Å². The molecule has 23 heavy (non-hydrogen) atoms. The first-order valence-corrected chi connectivity index (χ1v) is 7.57. The number of carbonyl (C=O) groups is 1. The maximum atomic E-state index is 12.1. The Morgan fingerprint density at radius 3 is 2.35 bits per heavy atom. The number of rotatable bonds is 4. The molecule has 0 aliphatic rings. The summed E-state index contributed by atoms with van der Waals surface area (Å²) < 4.78 is 2.02. The second kappa shape index (κ2) is 6.48. The Morgan fingerprint density at radius 1 is 1.04 bits per heavy atom. The smallest absolute Gasteiger partial charge is 0.251 e. The molecule has 0 bridgehead atoms. The van der Waals surface area contributed by atoms with Crippen LogP contribution in [0.2, 0.25) is 0 Å². The Bertz CT molecular complexity index is 801. The van der Waals surface area contributed by atoms with Crippen molar-refractivity contribution in [3.63, 3.8) is 0 Å². The second-order valence-corrected chi connectivity index (χ2v) is 5.56. The number of amides is 1. The molecule has 1 amide bonds. The van der Waals surface area contributed by atoms with Crippen LogP contribution in [-0.2, 0) is 6.54 Å². The Morgan fingerprint density at radius 2 is 1.74 bits per heavy atom. The third-order valence-corrected chi connectivity index (χ3v) is 3.81. The van der Waals surface area contributed by atoms with Crippen LogP contribution >= 0.6 is 0 Å². The number of nitrogens with one attached hydrogen (secondary N) is 1. The lowest BCUT2D eigenvalue weighted by molar-refractivity contribution is 0.0951. The summed E-state index contributed by atoms with van der Waals surface area (Å²) in [6, 6.07) is 15.7. The third kappa shape index (κ3) is 3.48. The highest BCUT2D eigenvalue weighted by Crippen LogP contribution is 2.12. The van der Waals surface area contributed by atoms with Crippen molar-refractivity contribution in [3.05, 3.63) is 83.4 Å². The lowest BCUT2D eigenvalue weighted by Gasteiger charge is -2.08. The molecule has 4 heteroatoms. The molecular formula is C19H19N3O. The summed E-state index contributed by atoms with van der Waals surface area (Å²) in [6.45, 7) is 4.48. The molecule has 0 saturated heterocycles. The highest BCUT2D eigenvalue weighted by Gasteiger charge is 2.05. The standard InChI is InChI=1S/C19H19N3O/c1-14-3-7-17(8-4-14)19(23)21-13-16-5-9-18(10-6-16)22-12-11-20-15(22)2/h3-12H,13H2,1-2H3,(H,21,23). The van der Waals surface area contributed by atoms with E-state index in [1.54, 1.807) is 6.20 Å². The van der Waals surface area contributed by atoms with Gasteiger partial charge < -0.3 is 9.88 Å². The molecule has 0 unspecified atom stereocenters. The van der Waals surface area contributed by atoms with Crippen LogP contribution in [0.3, 0.4) is 0 Å². The Labute approximate surface area is 135 Å². The molecule has 0 saturated carbocycles. The number of aryl methyl sites for hydroxylation is 2. The van der Waals surface area contributed by atoms with Gasteiger partial charge >= 0.3 is 0 Å². The molecule has 3 aromatic rings. The van der Waals surface area contributed by atoms with Gasteiger partial charge in [0.05, 0.1) is 0 Å². The predicted molar refractivity (Wildman–Crippen MR) is 90.7 cm³/mol. The second-order valence-electron chi connectivity index (χ2n) is 5.56. The van der Waals surface area contributed by atoms with Crippen LogP contribution in [0.15, 0.2) is 60.9 Å². The summed E-state index contributed by atoms with van der Waals surface area (Å²) >= 11 is 0. The molecule has 0 fully saturated rings. The van der Waals surface area contributed by atoms with Crippen molar-refractivity contribution in [2.75, 3.05) is 0 Å². The van der Waals surface area contributed by atoms with Crippen molar-refractivity contribution >= 4 is 5.91 Å². The van der Waals surface area contributed by atoms with E-state index in [0.29, 0.717) is 12.1 Å². The minimum Gasteiger partial charge on any atom is -0.348 e. The fourth-order valence-electron chi connectivity index (χ4n) is 2.41. The van der Waals surface area contributed by atoms with Gasteiger partial charge in [-0.3, -0.25) is 4.79 Å². The van der Waals surface area contributed by atoms with E-state index in [1.165, 1.54) is 0 Å². The fourth-order valence-corrected chi connectivity index (χ4v) is 2.41. The van der Waals surface area contributed by atoms with E-state index in [0.717, 1.165) is 22.6 Å². The van der Waals surface area contributed by atoms with E-state index < -0.39 is 0 Å². The van der Waals surface area contributed by atoms with Crippen molar-refractivity contribution in [3.8, 4) is 5.69 Å². The Hall–Kier alpha value is -2.88. The van der Waals surface area contributed by atoms with Gasteiger partial charge in [-0.25, -0.2) is 4.98 Å². The normalized spacial score (nSPS) is 10.5. The SMILES string of the molecule is Cc1ccc(C(=O)NCc2ccc(-n3ccnc3C)cc2)cc1. The quantitative estimate of drug-likeness (QED) is 0.803. The molecule has 1 N–H and O–H groups in total. The number of hydrogen-bond donors (Lipinski definition) is 1. The molecule has 0 aliphatic heterocycles. The molecule has 1 aromatic heterocycles. The number of hydrogen-bond acceptors (Lipinski definition) is 2. The van der Waals surface area contributed by atoms with E-state index in [9.17, 15) is 4.79 Å². The first-order chi connectivity index (χ1) is 11.1. The zero-order valence-electron chi connectivity index (χ0n) is 13.3. The number of imidazole rings is 1. The summed E-state index contributed by atoms with van der Waals surface area (Å²) in [6.07, 6.45) is 3.72. The van der Waals surface area contributed by atoms with Crippen molar-refractivity contribution in [1.29, 1.82) is 0 Å². The van der Waals surface area contributed by atoms with E-state index in [1.807, 2.05) is 73.1 Å². The predicted octanol–water partition coefficient (Wildman–Crippen LogP) is 3.42. The average Bonchev–Trinajstić information content (AvgIpc) is 3.00. The zero-order chi connectivity index (χ0) is 16.2. The van der Waals surface area contributed by atoms with Crippen LogP contribution in [-0.4, -0.2) is 15.5 Å². The minimum atomic E-state index is -0.0560. The van der Waals surface area contributed by atoms with Gasteiger partial charge in [0, 0.05) is 30.2 Å². The number of nitrogens with zero attached hydrogens (tertiary/aromatic N) is 2. The lowest BCUT2D eigenvalue weighted by Crippen LogP contribution is -2.22. The summed E-state index contributed by atoms with van der Waals surface area (Å²) in [5.41, 5.74) is 3.95. The number of carbonyl (C=O) groups excluding carboxylic acids is 1. The molecule has 4 nitrogen and oxygen atoms in total. The first-order valence-electron chi connectivity index (χ1n) is 7.57. The molecule has 0 radical (unpaired) electrons. The van der Waals surface area contributed by atoms with Crippen LogP contribution in [0, 0.1) is 13.8 Å². The first kappa shape index (κ1) is 15.0. The fraction of sp³-hybridized carbons (Fsp3) is 0.158. The summed E-state index contributed by atoms with van der Waals surface area (Å²) in [4.78, 5) is 16.3. The molecule has 1 heterocycles. The minimum absolute atomic E-state index is 0.0560. The topological polar surface area (TPSA) is 46.9 Å². The van der Waals surface area contributed by atoms with Gasteiger partial charge in [0.2, 0.25) is 0 Å². The largest absolute Gasteiger partial charge is 0.348 e. The number of benzene rings is 2. The van der Waals surface area contributed by atoms with Crippen molar-refractivity contribution in [1.82, 2.24) is 14.9 Å². The number of aromatic nitrogens is 2. The third-order valence-electron chi connectivity index (χ3n) is 3.81. The molecule has 0 spiro atoms. The molecule has 3 rings (SSSR count).